The van der Waals surface area contributed by atoms with Crippen LogP contribution in [0.15, 0.2) is 12.2 Å². The highest BCUT2D eigenvalue weighted by Gasteiger charge is 2.46. The predicted octanol–water partition coefficient (Wildman–Crippen LogP) is 4.22. The third kappa shape index (κ3) is 3.77. The Balaban J connectivity index is 1.53. The highest BCUT2D eigenvalue weighted by molar-refractivity contribution is 7.99. The molecule has 1 N–H and O–H groups in total. The van der Waals surface area contributed by atoms with Crippen molar-refractivity contribution in [2.45, 2.75) is 69.0 Å². The van der Waals surface area contributed by atoms with Crippen LogP contribution in [0.2, 0.25) is 0 Å². The van der Waals surface area contributed by atoms with Crippen molar-refractivity contribution >= 4 is 17.9 Å². The van der Waals surface area contributed by atoms with E-state index in [4.69, 9.17) is 0 Å². The Bertz CT molecular complexity index is 362. The number of hydrogen-bond acceptors (Lipinski definition) is 2. The lowest BCUT2D eigenvalue weighted by Crippen LogP contribution is -2.23. The molecule has 1 spiro atoms. The van der Waals surface area contributed by atoms with E-state index in [1.807, 2.05) is 0 Å². The van der Waals surface area contributed by atoms with Crippen LogP contribution in [0.4, 0.5) is 0 Å². The molecule has 0 aromatic heterocycles. The summed E-state index contributed by atoms with van der Waals surface area (Å²) in [5.74, 6) is 1.08. The first-order chi connectivity index (χ1) is 9.29. The Morgan fingerprint density at radius 1 is 1.11 bits per heavy atom. The van der Waals surface area contributed by atoms with Crippen LogP contribution in [0.25, 0.3) is 0 Å². The van der Waals surface area contributed by atoms with Gasteiger partial charge in [-0.3, -0.25) is 9.52 Å². The molecule has 1 aliphatic heterocycles. The first-order valence-corrected chi connectivity index (χ1v) is 8.75. The van der Waals surface area contributed by atoms with Crippen molar-refractivity contribution in [2.24, 2.45) is 11.8 Å². The van der Waals surface area contributed by atoms with Gasteiger partial charge in [0.2, 0.25) is 5.91 Å². The number of hydrogen-bond donors (Lipinski definition) is 1. The summed E-state index contributed by atoms with van der Waals surface area (Å²) in [5, 5.41) is 0. The third-order valence-corrected chi connectivity index (χ3v) is 6.09. The van der Waals surface area contributed by atoms with Gasteiger partial charge >= 0.3 is 0 Å². The highest BCUT2D eigenvalue weighted by Crippen LogP contribution is 2.51. The standard InChI is InChI=1S/C16H25NOS/c18-15-14-12-13(14)8-6-4-2-1-3-5-7-9-16(10-11-16)19-17-15/h6,8,13-14H,1-5,7,9-12H2,(H,17,18)/b8-6+/t13-,14?/m1/s1. The molecule has 0 aromatic rings. The molecule has 106 valence electrons. The number of carbonyl (C=O) groups is 1. The van der Waals surface area contributed by atoms with Crippen LogP contribution in [0, 0.1) is 11.8 Å². The molecule has 1 unspecified atom stereocenters. The van der Waals surface area contributed by atoms with Crippen LogP contribution in [0.3, 0.4) is 0 Å². The Morgan fingerprint density at radius 3 is 2.74 bits per heavy atom. The maximum absolute atomic E-state index is 12.0. The fraction of sp³-hybridized carbons (Fsp3) is 0.812. The van der Waals surface area contributed by atoms with E-state index in [1.165, 1.54) is 57.8 Å². The first-order valence-electron chi connectivity index (χ1n) is 7.94. The van der Waals surface area contributed by atoms with E-state index < -0.39 is 0 Å². The van der Waals surface area contributed by atoms with Crippen molar-refractivity contribution in [3.05, 3.63) is 12.2 Å². The fourth-order valence-electron chi connectivity index (χ4n) is 3.02. The number of nitrogens with one attached hydrogen (secondary N) is 1. The second kappa shape index (κ2) is 5.90. The molecular formula is C16H25NOS. The topological polar surface area (TPSA) is 29.1 Å². The first kappa shape index (κ1) is 13.5. The number of amides is 1. The van der Waals surface area contributed by atoms with Gasteiger partial charge in [0.25, 0.3) is 0 Å². The van der Waals surface area contributed by atoms with Gasteiger partial charge in [0.15, 0.2) is 0 Å². The molecule has 3 rings (SSSR count). The molecule has 0 bridgehead atoms. The van der Waals surface area contributed by atoms with E-state index in [2.05, 4.69) is 16.9 Å². The number of carbonyl (C=O) groups excluding carboxylic acids is 1. The maximum Gasteiger partial charge on any atom is 0.233 e. The zero-order valence-electron chi connectivity index (χ0n) is 11.7. The molecular weight excluding hydrogens is 254 g/mol. The van der Waals surface area contributed by atoms with E-state index >= 15 is 0 Å². The minimum Gasteiger partial charge on any atom is -0.299 e. The smallest absolute Gasteiger partial charge is 0.233 e. The fourth-order valence-corrected chi connectivity index (χ4v) is 4.04. The Hall–Kier alpha value is -0.440. The van der Waals surface area contributed by atoms with E-state index in [0.717, 1.165) is 6.42 Å². The molecule has 2 fully saturated rings. The molecule has 2 aliphatic carbocycles. The number of allylic oxidation sites excluding steroid dienone is 2. The molecule has 2 atom stereocenters. The highest BCUT2D eigenvalue weighted by atomic mass is 32.2. The maximum atomic E-state index is 12.0. The molecule has 2 nitrogen and oxygen atoms in total. The lowest BCUT2D eigenvalue weighted by molar-refractivity contribution is -0.120. The van der Waals surface area contributed by atoms with Gasteiger partial charge in [-0.2, -0.15) is 0 Å². The van der Waals surface area contributed by atoms with E-state index in [0.29, 0.717) is 10.7 Å². The van der Waals surface area contributed by atoms with Crippen molar-refractivity contribution in [3.8, 4) is 0 Å². The van der Waals surface area contributed by atoms with Gasteiger partial charge in [0, 0.05) is 10.7 Å². The lowest BCUT2D eigenvalue weighted by atomic mass is 10.1. The van der Waals surface area contributed by atoms with Crippen LogP contribution in [-0.4, -0.2) is 10.7 Å². The Labute approximate surface area is 120 Å². The van der Waals surface area contributed by atoms with Crippen molar-refractivity contribution in [2.75, 3.05) is 0 Å². The third-order valence-electron chi connectivity index (χ3n) is 4.74. The van der Waals surface area contributed by atoms with Gasteiger partial charge in [-0.15, -0.1) is 0 Å². The molecule has 0 radical (unpaired) electrons. The average Bonchev–Trinajstić information content (AvgIpc) is 3.30. The molecule has 3 aliphatic rings. The van der Waals surface area contributed by atoms with Crippen LogP contribution in [0.5, 0.6) is 0 Å². The Kier molecular flexibility index (Phi) is 4.21. The normalized spacial score (nSPS) is 36.5. The minimum atomic E-state index is 0.268. The molecule has 0 aromatic carbocycles. The van der Waals surface area contributed by atoms with Crippen LogP contribution in [0.1, 0.15) is 64.2 Å². The van der Waals surface area contributed by atoms with E-state index in [9.17, 15) is 4.79 Å². The largest absolute Gasteiger partial charge is 0.299 e. The molecule has 19 heavy (non-hydrogen) atoms. The molecule has 1 amide bonds. The molecule has 0 saturated heterocycles. The average molecular weight is 279 g/mol. The van der Waals surface area contributed by atoms with Crippen molar-refractivity contribution in [1.29, 1.82) is 0 Å². The van der Waals surface area contributed by atoms with Gasteiger partial charge in [-0.1, -0.05) is 37.8 Å². The van der Waals surface area contributed by atoms with E-state index in [1.54, 1.807) is 11.9 Å². The van der Waals surface area contributed by atoms with Crippen LogP contribution < -0.4 is 4.72 Å². The zero-order valence-corrected chi connectivity index (χ0v) is 12.5. The van der Waals surface area contributed by atoms with Crippen LogP contribution in [-0.2, 0) is 4.79 Å². The summed E-state index contributed by atoms with van der Waals surface area (Å²) in [5.41, 5.74) is 0. The number of fused-ring (bicyclic) bond motifs is 1. The predicted molar refractivity (Wildman–Crippen MR) is 80.8 cm³/mol. The summed E-state index contributed by atoms with van der Waals surface area (Å²) in [4.78, 5) is 12.0. The van der Waals surface area contributed by atoms with Gasteiger partial charge in [0.1, 0.15) is 0 Å². The summed E-state index contributed by atoms with van der Waals surface area (Å²) in [6, 6.07) is 0. The lowest BCUT2D eigenvalue weighted by Gasteiger charge is -2.14. The van der Waals surface area contributed by atoms with Crippen molar-refractivity contribution in [1.82, 2.24) is 4.72 Å². The summed E-state index contributed by atoms with van der Waals surface area (Å²) in [6.07, 6.45) is 17.5. The quantitative estimate of drug-likeness (QED) is 0.531. The second-order valence-corrected chi connectivity index (χ2v) is 7.77. The van der Waals surface area contributed by atoms with Crippen LogP contribution >= 0.6 is 11.9 Å². The van der Waals surface area contributed by atoms with Gasteiger partial charge in [0.05, 0.1) is 0 Å². The monoisotopic (exact) mass is 279 g/mol. The summed E-state index contributed by atoms with van der Waals surface area (Å²) in [6.45, 7) is 0. The number of rotatable bonds is 0. The molecule has 3 heteroatoms. The minimum absolute atomic E-state index is 0.268. The molecule has 2 saturated carbocycles. The SMILES string of the molecule is O=C1NSC2(CCCCCCC/C=C/[C@@H]3CC13)CC2. The Morgan fingerprint density at radius 2 is 1.89 bits per heavy atom. The van der Waals surface area contributed by atoms with Gasteiger partial charge in [-0.05, 0) is 56.4 Å². The zero-order chi connectivity index (χ0) is 13.1. The summed E-state index contributed by atoms with van der Waals surface area (Å²) < 4.78 is 3.55. The van der Waals surface area contributed by atoms with Gasteiger partial charge in [-0.25, -0.2) is 0 Å². The van der Waals surface area contributed by atoms with Gasteiger partial charge < -0.3 is 0 Å². The second-order valence-electron chi connectivity index (χ2n) is 6.49. The summed E-state index contributed by atoms with van der Waals surface area (Å²) in [7, 11) is 0. The summed E-state index contributed by atoms with van der Waals surface area (Å²) >= 11 is 1.74. The van der Waals surface area contributed by atoms with Crippen molar-refractivity contribution < 1.29 is 4.79 Å². The van der Waals surface area contributed by atoms with Crippen molar-refractivity contribution in [3.63, 3.8) is 0 Å². The van der Waals surface area contributed by atoms with E-state index in [-0.39, 0.29) is 11.8 Å². The molecule has 1 heterocycles.